The van der Waals surface area contributed by atoms with E-state index in [0.29, 0.717) is 0 Å². The number of carboxylic acid groups (broad SMARTS) is 2. The van der Waals surface area contributed by atoms with E-state index in [9.17, 15) is 29.4 Å². The highest BCUT2D eigenvalue weighted by molar-refractivity contribution is 6.07. The van der Waals surface area contributed by atoms with Crippen LogP contribution in [-0.4, -0.2) is 46.3 Å². The van der Waals surface area contributed by atoms with Crippen molar-refractivity contribution in [1.82, 2.24) is 10.3 Å². The number of nitrogen functional groups attached to an aromatic ring is 1. The molecule has 0 saturated carbocycles. The predicted octanol–water partition coefficient (Wildman–Crippen LogP) is 2.68. The van der Waals surface area contributed by atoms with Gasteiger partial charge in [-0.15, -0.1) is 0 Å². The molecule has 0 aliphatic heterocycles. The van der Waals surface area contributed by atoms with Crippen LogP contribution in [0.1, 0.15) is 46.2 Å². The second-order valence-corrected chi connectivity index (χ2v) is 7.69. The summed E-state index contributed by atoms with van der Waals surface area (Å²) in [6.45, 7) is 3.38. The number of aromatic carboxylic acids is 2. The van der Waals surface area contributed by atoms with Crippen LogP contribution < -0.4 is 26.1 Å². The van der Waals surface area contributed by atoms with Crippen LogP contribution in [0.3, 0.4) is 0 Å². The number of ether oxygens (including phenoxy) is 2. The largest absolute Gasteiger partial charge is 0.490 e. The van der Waals surface area contributed by atoms with E-state index < -0.39 is 34.4 Å². The van der Waals surface area contributed by atoms with Gasteiger partial charge in [-0.3, -0.25) is 9.59 Å². The number of pyridine rings is 1. The van der Waals surface area contributed by atoms with Gasteiger partial charge in [-0.25, -0.2) is 9.59 Å². The zero-order valence-corrected chi connectivity index (χ0v) is 19.5. The van der Waals surface area contributed by atoms with E-state index in [1.165, 1.54) is 18.2 Å². The first-order valence-corrected chi connectivity index (χ1v) is 10.9. The van der Waals surface area contributed by atoms with Gasteiger partial charge >= 0.3 is 11.9 Å². The number of carboxylic acids is 2. The standard InChI is InChI=1S/C25H25N3O8/c1-3-35-17-11-15(19-20(24(31)32)22(26)28-23(30)21(19)25(33)34)9-10-16(17)36-12-18(29)27-13(2)14-7-5-4-6-8-14/h4-11,13H,3,12H2,1-2H3,(H,27,29)(H,31,32)(H,33,34)(H3,26,28,30). The molecule has 3 aromatic rings. The average Bonchev–Trinajstić information content (AvgIpc) is 2.82. The molecule has 1 amide bonds. The number of nitrogens with one attached hydrogen (secondary N) is 2. The third-order valence-corrected chi connectivity index (χ3v) is 5.24. The van der Waals surface area contributed by atoms with Crippen molar-refractivity contribution >= 4 is 23.7 Å². The molecule has 0 fully saturated rings. The van der Waals surface area contributed by atoms with E-state index in [4.69, 9.17) is 15.2 Å². The van der Waals surface area contributed by atoms with Crippen molar-refractivity contribution < 1.29 is 34.1 Å². The van der Waals surface area contributed by atoms with Gasteiger partial charge in [0.15, 0.2) is 18.1 Å². The Balaban J connectivity index is 1.93. The number of H-pyrrole nitrogens is 1. The Morgan fingerprint density at radius 3 is 2.28 bits per heavy atom. The van der Waals surface area contributed by atoms with Gasteiger partial charge in [-0.05, 0) is 37.1 Å². The Hall–Kier alpha value is -4.80. The molecule has 36 heavy (non-hydrogen) atoms. The molecule has 0 spiro atoms. The highest BCUT2D eigenvalue weighted by Crippen LogP contribution is 2.36. The first kappa shape index (κ1) is 25.8. The van der Waals surface area contributed by atoms with Crippen molar-refractivity contribution in [1.29, 1.82) is 0 Å². The van der Waals surface area contributed by atoms with Gasteiger partial charge in [0.2, 0.25) is 0 Å². The second kappa shape index (κ2) is 11.1. The highest BCUT2D eigenvalue weighted by atomic mass is 16.5. The molecule has 6 N–H and O–H groups in total. The zero-order chi connectivity index (χ0) is 26.4. The summed E-state index contributed by atoms with van der Waals surface area (Å²) in [5.74, 6) is -3.75. The number of benzene rings is 2. The van der Waals surface area contributed by atoms with Gasteiger partial charge in [0, 0.05) is 5.56 Å². The van der Waals surface area contributed by atoms with Gasteiger partial charge in [0.1, 0.15) is 16.9 Å². The zero-order valence-electron chi connectivity index (χ0n) is 19.5. The molecule has 3 rings (SSSR count). The number of hydrogen-bond donors (Lipinski definition) is 5. The van der Waals surface area contributed by atoms with Crippen molar-refractivity contribution in [2.24, 2.45) is 0 Å². The SMILES string of the molecule is CCOc1cc(-c2c(C(=O)O)c(N)[nH]c(=O)c2C(=O)O)ccc1OCC(=O)NC(C)c1ccccc1. The van der Waals surface area contributed by atoms with Crippen molar-refractivity contribution in [3.63, 3.8) is 0 Å². The minimum absolute atomic E-state index is 0.0561. The van der Waals surface area contributed by atoms with Crippen LogP contribution >= 0.6 is 0 Å². The number of hydrogen-bond acceptors (Lipinski definition) is 7. The van der Waals surface area contributed by atoms with E-state index in [2.05, 4.69) is 10.3 Å². The Labute approximate surface area is 205 Å². The van der Waals surface area contributed by atoms with Crippen molar-refractivity contribution in [3.8, 4) is 22.6 Å². The molecule has 0 aliphatic carbocycles. The van der Waals surface area contributed by atoms with Gasteiger partial charge < -0.3 is 35.7 Å². The molecule has 0 radical (unpaired) electrons. The van der Waals surface area contributed by atoms with Crippen LogP contribution in [0.2, 0.25) is 0 Å². The molecule has 11 nitrogen and oxygen atoms in total. The summed E-state index contributed by atoms with van der Waals surface area (Å²) in [7, 11) is 0. The fourth-order valence-corrected chi connectivity index (χ4v) is 3.64. The lowest BCUT2D eigenvalue weighted by molar-refractivity contribution is -0.123. The van der Waals surface area contributed by atoms with Gasteiger partial charge in [-0.2, -0.15) is 0 Å². The molecule has 0 saturated heterocycles. The molecule has 188 valence electrons. The lowest BCUT2D eigenvalue weighted by Crippen LogP contribution is -2.31. The Kier molecular flexibility index (Phi) is 7.95. The van der Waals surface area contributed by atoms with Crippen LogP contribution in [0.5, 0.6) is 11.5 Å². The minimum atomic E-state index is -1.63. The average molecular weight is 495 g/mol. The number of nitrogens with two attached hydrogens (primary N) is 1. The third-order valence-electron chi connectivity index (χ3n) is 5.24. The summed E-state index contributed by atoms with van der Waals surface area (Å²) in [6.07, 6.45) is 0. The molecular formula is C25H25N3O8. The summed E-state index contributed by atoms with van der Waals surface area (Å²) in [5, 5.41) is 22.0. The molecule has 11 heteroatoms. The minimum Gasteiger partial charge on any atom is -0.490 e. The lowest BCUT2D eigenvalue weighted by Gasteiger charge is -2.17. The first-order valence-electron chi connectivity index (χ1n) is 10.9. The lowest BCUT2D eigenvalue weighted by atomic mass is 9.95. The van der Waals surface area contributed by atoms with E-state index in [1.54, 1.807) is 6.92 Å². The smallest absolute Gasteiger partial charge is 0.342 e. The molecule has 0 aliphatic rings. The van der Waals surface area contributed by atoms with Crippen molar-refractivity contribution in [3.05, 3.63) is 75.6 Å². The molecular weight excluding hydrogens is 470 g/mol. The Bertz CT molecular complexity index is 1350. The number of amides is 1. The maximum atomic E-state index is 12.4. The summed E-state index contributed by atoms with van der Waals surface area (Å²) >= 11 is 0. The highest BCUT2D eigenvalue weighted by Gasteiger charge is 2.27. The maximum absolute atomic E-state index is 12.4. The number of carbonyl (C=O) groups excluding carboxylic acids is 1. The van der Waals surface area contributed by atoms with Crippen LogP contribution in [0.4, 0.5) is 5.82 Å². The van der Waals surface area contributed by atoms with E-state index in [0.717, 1.165) is 5.56 Å². The number of carbonyl (C=O) groups is 3. The molecule has 0 bridgehead atoms. The fraction of sp³-hybridized carbons (Fsp3) is 0.200. The molecule has 1 heterocycles. The summed E-state index contributed by atoms with van der Waals surface area (Å²) < 4.78 is 11.2. The fourth-order valence-electron chi connectivity index (χ4n) is 3.64. The molecule has 1 aromatic heterocycles. The Morgan fingerprint density at radius 2 is 1.67 bits per heavy atom. The topological polar surface area (TPSA) is 181 Å². The summed E-state index contributed by atoms with van der Waals surface area (Å²) in [4.78, 5) is 50.4. The Morgan fingerprint density at radius 1 is 1.00 bits per heavy atom. The van der Waals surface area contributed by atoms with Crippen LogP contribution in [0.25, 0.3) is 11.1 Å². The number of anilines is 1. The molecule has 1 atom stereocenters. The predicted molar refractivity (Wildman–Crippen MR) is 130 cm³/mol. The maximum Gasteiger partial charge on any atom is 0.342 e. The molecule has 1 unspecified atom stereocenters. The normalized spacial score (nSPS) is 11.4. The van der Waals surface area contributed by atoms with Crippen LogP contribution in [0, 0.1) is 0 Å². The van der Waals surface area contributed by atoms with Crippen LogP contribution in [-0.2, 0) is 4.79 Å². The first-order chi connectivity index (χ1) is 17.1. The quantitative estimate of drug-likeness (QED) is 0.282. The van der Waals surface area contributed by atoms with E-state index >= 15 is 0 Å². The van der Waals surface area contributed by atoms with Crippen molar-refractivity contribution in [2.45, 2.75) is 19.9 Å². The second-order valence-electron chi connectivity index (χ2n) is 7.69. The van der Waals surface area contributed by atoms with Crippen molar-refractivity contribution in [2.75, 3.05) is 18.9 Å². The number of aromatic nitrogens is 1. The van der Waals surface area contributed by atoms with E-state index in [-0.39, 0.29) is 47.8 Å². The number of aromatic amines is 1. The summed E-state index contributed by atoms with van der Waals surface area (Å²) in [6, 6.07) is 13.2. The summed E-state index contributed by atoms with van der Waals surface area (Å²) in [5.41, 5.74) is 3.88. The van der Waals surface area contributed by atoms with Crippen LogP contribution in [0.15, 0.2) is 53.3 Å². The van der Waals surface area contributed by atoms with Gasteiger partial charge in [0.25, 0.3) is 11.5 Å². The van der Waals surface area contributed by atoms with Gasteiger partial charge in [-0.1, -0.05) is 36.4 Å². The third kappa shape index (κ3) is 5.63. The van der Waals surface area contributed by atoms with Gasteiger partial charge in [0.05, 0.1) is 12.6 Å². The molecule has 2 aromatic carbocycles. The number of rotatable bonds is 10. The monoisotopic (exact) mass is 495 g/mol. The van der Waals surface area contributed by atoms with E-state index in [1.807, 2.05) is 37.3 Å².